The smallest absolute Gasteiger partial charge is 0.151 e. The number of Topliss-reactive ketones (excluding diaryl/α,β-unsaturated/α-hetero) is 1. The number of ketones is 1. The maximum Gasteiger partial charge on any atom is 0.151 e. The van der Waals surface area contributed by atoms with Gasteiger partial charge in [-0.25, -0.2) is 0 Å². The van der Waals surface area contributed by atoms with Crippen molar-refractivity contribution >= 4 is 21.7 Å². The molecule has 0 aromatic heterocycles. The lowest BCUT2D eigenvalue weighted by molar-refractivity contribution is -0.117. The average molecular weight is 256 g/mol. The zero-order valence-corrected chi connectivity index (χ0v) is 9.80. The van der Waals surface area contributed by atoms with Crippen LogP contribution in [-0.2, 0) is 11.2 Å². The number of nitrogens with one attached hydrogen (secondary N) is 1. The lowest BCUT2D eigenvalue weighted by Crippen LogP contribution is -2.23. The van der Waals surface area contributed by atoms with E-state index in [1.54, 1.807) is 0 Å². The van der Waals surface area contributed by atoms with E-state index in [0.717, 1.165) is 16.6 Å². The van der Waals surface area contributed by atoms with Crippen LogP contribution in [0.3, 0.4) is 0 Å². The maximum absolute atomic E-state index is 11.4. The van der Waals surface area contributed by atoms with E-state index in [9.17, 15) is 4.79 Å². The van der Waals surface area contributed by atoms with Gasteiger partial charge in [-0.05, 0) is 18.2 Å². The molecule has 76 valence electrons. The maximum atomic E-state index is 11.4. The molecule has 0 bridgehead atoms. The molecule has 0 amide bonds. The quantitative estimate of drug-likeness (QED) is 0.874. The molecule has 0 aliphatic rings. The zero-order valence-electron chi connectivity index (χ0n) is 8.22. The highest BCUT2D eigenvalue weighted by atomic mass is 79.9. The van der Waals surface area contributed by atoms with Gasteiger partial charge in [-0.1, -0.05) is 41.1 Å². The molecule has 14 heavy (non-hydrogen) atoms. The molecule has 0 radical (unpaired) electrons. The van der Waals surface area contributed by atoms with Gasteiger partial charge in [-0.15, -0.1) is 0 Å². The lowest BCUT2D eigenvalue weighted by atomic mass is 10.1. The number of benzene rings is 1. The fourth-order valence-corrected chi connectivity index (χ4v) is 1.61. The number of hydrogen-bond acceptors (Lipinski definition) is 2. The minimum atomic E-state index is 0.221. The van der Waals surface area contributed by atoms with Crippen molar-refractivity contribution in [1.29, 1.82) is 0 Å². The molecule has 0 saturated carbocycles. The Morgan fingerprint density at radius 1 is 1.43 bits per heavy atom. The third-order valence-corrected chi connectivity index (χ3v) is 2.69. The molecule has 0 heterocycles. The highest BCUT2D eigenvalue weighted by molar-refractivity contribution is 9.10. The normalized spacial score (nSPS) is 10.1. The van der Waals surface area contributed by atoms with Crippen LogP contribution in [0.25, 0.3) is 0 Å². The molecule has 0 fully saturated rings. The summed E-state index contributed by atoms with van der Waals surface area (Å²) in [7, 11) is 0. The number of carbonyl (C=O) groups is 1. The SMILES string of the molecule is CCNCC(=O)Cc1ccccc1Br. The number of hydrogen-bond donors (Lipinski definition) is 1. The van der Waals surface area contributed by atoms with E-state index >= 15 is 0 Å². The Hall–Kier alpha value is -0.670. The third kappa shape index (κ3) is 3.60. The molecule has 1 aromatic rings. The summed E-state index contributed by atoms with van der Waals surface area (Å²) in [5.74, 6) is 0.221. The average Bonchev–Trinajstić information content (AvgIpc) is 2.18. The Kier molecular flexibility index (Phi) is 4.84. The molecule has 0 spiro atoms. The second-order valence-corrected chi connectivity index (χ2v) is 3.94. The predicted molar refractivity (Wildman–Crippen MR) is 61.4 cm³/mol. The molecule has 0 aliphatic heterocycles. The molecule has 1 aromatic carbocycles. The molecule has 0 atom stereocenters. The Morgan fingerprint density at radius 3 is 2.79 bits per heavy atom. The summed E-state index contributed by atoms with van der Waals surface area (Å²) in [6, 6.07) is 7.81. The van der Waals surface area contributed by atoms with Crippen molar-refractivity contribution < 1.29 is 4.79 Å². The molecule has 1 rings (SSSR count). The van der Waals surface area contributed by atoms with E-state index in [-0.39, 0.29) is 5.78 Å². The first kappa shape index (κ1) is 11.4. The molecular weight excluding hydrogens is 242 g/mol. The molecule has 2 nitrogen and oxygen atoms in total. The van der Waals surface area contributed by atoms with Gasteiger partial charge in [-0.2, -0.15) is 0 Å². The second kappa shape index (κ2) is 5.94. The van der Waals surface area contributed by atoms with E-state index in [2.05, 4.69) is 21.2 Å². The summed E-state index contributed by atoms with van der Waals surface area (Å²) >= 11 is 3.42. The number of carbonyl (C=O) groups excluding carboxylic acids is 1. The van der Waals surface area contributed by atoms with Gasteiger partial charge in [0.2, 0.25) is 0 Å². The second-order valence-electron chi connectivity index (χ2n) is 3.09. The van der Waals surface area contributed by atoms with Crippen LogP contribution in [0.1, 0.15) is 12.5 Å². The van der Waals surface area contributed by atoms with Crippen LogP contribution in [-0.4, -0.2) is 18.9 Å². The highest BCUT2D eigenvalue weighted by Gasteiger charge is 2.04. The fraction of sp³-hybridized carbons (Fsp3) is 0.364. The van der Waals surface area contributed by atoms with Gasteiger partial charge in [-0.3, -0.25) is 4.79 Å². The van der Waals surface area contributed by atoms with Crippen molar-refractivity contribution in [1.82, 2.24) is 5.32 Å². The van der Waals surface area contributed by atoms with Crippen LogP contribution in [0, 0.1) is 0 Å². The van der Waals surface area contributed by atoms with Crippen LogP contribution in [0.2, 0.25) is 0 Å². The summed E-state index contributed by atoms with van der Waals surface area (Å²) in [5.41, 5.74) is 1.05. The van der Waals surface area contributed by atoms with Gasteiger partial charge in [0.15, 0.2) is 5.78 Å². The first-order chi connectivity index (χ1) is 6.74. The van der Waals surface area contributed by atoms with Crippen molar-refractivity contribution in [2.24, 2.45) is 0 Å². The Bertz CT molecular complexity index is 312. The minimum Gasteiger partial charge on any atom is -0.310 e. The summed E-state index contributed by atoms with van der Waals surface area (Å²) in [4.78, 5) is 11.4. The lowest BCUT2D eigenvalue weighted by Gasteiger charge is -2.03. The van der Waals surface area contributed by atoms with Crippen molar-refractivity contribution in [3.05, 3.63) is 34.3 Å². The van der Waals surface area contributed by atoms with Crippen molar-refractivity contribution in [2.45, 2.75) is 13.3 Å². The monoisotopic (exact) mass is 255 g/mol. The van der Waals surface area contributed by atoms with Crippen LogP contribution in [0.15, 0.2) is 28.7 Å². The number of halogens is 1. The zero-order chi connectivity index (χ0) is 10.4. The molecule has 1 N–H and O–H groups in total. The van der Waals surface area contributed by atoms with Crippen molar-refractivity contribution in [2.75, 3.05) is 13.1 Å². The molecule has 0 unspecified atom stereocenters. The molecule has 3 heteroatoms. The third-order valence-electron chi connectivity index (χ3n) is 1.92. The summed E-state index contributed by atoms with van der Waals surface area (Å²) in [6.45, 7) is 3.28. The van der Waals surface area contributed by atoms with E-state index in [1.165, 1.54) is 0 Å². The van der Waals surface area contributed by atoms with Gasteiger partial charge < -0.3 is 5.32 Å². The van der Waals surface area contributed by atoms with Gasteiger partial charge in [0, 0.05) is 10.9 Å². The highest BCUT2D eigenvalue weighted by Crippen LogP contribution is 2.16. The van der Waals surface area contributed by atoms with Gasteiger partial charge >= 0.3 is 0 Å². The summed E-state index contributed by atoms with van der Waals surface area (Å²) in [6.07, 6.45) is 0.494. The van der Waals surface area contributed by atoms with E-state index < -0.39 is 0 Å². The van der Waals surface area contributed by atoms with Crippen LogP contribution in [0.4, 0.5) is 0 Å². The number of rotatable bonds is 5. The first-order valence-electron chi connectivity index (χ1n) is 4.70. The topological polar surface area (TPSA) is 29.1 Å². The van der Waals surface area contributed by atoms with Gasteiger partial charge in [0.25, 0.3) is 0 Å². The molecule has 0 aliphatic carbocycles. The van der Waals surface area contributed by atoms with E-state index in [1.807, 2.05) is 31.2 Å². The van der Waals surface area contributed by atoms with Crippen LogP contribution < -0.4 is 5.32 Å². The van der Waals surface area contributed by atoms with E-state index in [0.29, 0.717) is 13.0 Å². The van der Waals surface area contributed by atoms with Gasteiger partial charge in [0.1, 0.15) is 0 Å². The standard InChI is InChI=1S/C11H14BrNO/c1-2-13-8-10(14)7-9-5-3-4-6-11(9)12/h3-6,13H,2,7-8H2,1H3. The summed E-state index contributed by atoms with van der Waals surface area (Å²) in [5, 5.41) is 3.02. The number of likely N-dealkylation sites (N-methyl/N-ethyl adjacent to an activating group) is 1. The minimum absolute atomic E-state index is 0.221. The van der Waals surface area contributed by atoms with E-state index in [4.69, 9.17) is 0 Å². The predicted octanol–water partition coefficient (Wildman–Crippen LogP) is 2.17. The van der Waals surface area contributed by atoms with Crippen LogP contribution in [0.5, 0.6) is 0 Å². The molecular formula is C11H14BrNO. The van der Waals surface area contributed by atoms with Crippen LogP contribution >= 0.6 is 15.9 Å². The Morgan fingerprint density at radius 2 is 2.14 bits per heavy atom. The largest absolute Gasteiger partial charge is 0.310 e. The van der Waals surface area contributed by atoms with Crippen molar-refractivity contribution in [3.63, 3.8) is 0 Å². The molecule has 0 saturated heterocycles. The Balaban J connectivity index is 2.52. The Labute approximate surface area is 92.8 Å². The summed E-state index contributed by atoms with van der Waals surface area (Å²) < 4.78 is 1.00. The van der Waals surface area contributed by atoms with Gasteiger partial charge in [0.05, 0.1) is 6.54 Å². The first-order valence-corrected chi connectivity index (χ1v) is 5.49. The fourth-order valence-electron chi connectivity index (χ4n) is 1.18. The van der Waals surface area contributed by atoms with Crippen molar-refractivity contribution in [3.8, 4) is 0 Å².